The number of hydrogen-bond acceptors (Lipinski definition) is 5. The van der Waals surface area contributed by atoms with E-state index in [1.807, 2.05) is 51.1 Å². The lowest BCUT2D eigenvalue weighted by Gasteiger charge is -2.18. The fourth-order valence-electron chi connectivity index (χ4n) is 2.73. The number of para-hydroxylation sites is 1. The van der Waals surface area contributed by atoms with E-state index in [2.05, 4.69) is 20.3 Å². The number of nitrogens with one attached hydrogen (secondary N) is 1. The minimum Gasteiger partial charge on any atom is -0.338 e. The standard InChI is InChI=1S/C19H21N5O/c1-4-24(5-2)18(25)16-12-13(3)21-19(23-16)22-15-10-6-8-14-9-7-11-20-17(14)15/h6-12H,4-5H2,1-3H3,(H,21,22,23). The Morgan fingerprint density at radius 2 is 1.88 bits per heavy atom. The molecule has 1 aromatic carbocycles. The third-order valence-electron chi connectivity index (χ3n) is 4.00. The average molecular weight is 335 g/mol. The van der Waals surface area contributed by atoms with Crippen molar-refractivity contribution in [3.63, 3.8) is 0 Å². The van der Waals surface area contributed by atoms with E-state index in [0.29, 0.717) is 24.7 Å². The molecule has 25 heavy (non-hydrogen) atoms. The maximum absolute atomic E-state index is 12.6. The van der Waals surface area contributed by atoms with Gasteiger partial charge in [0.15, 0.2) is 0 Å². The number of fused-ring (bicyclic) bond motifs is 1. The number of anilines is 2. The molecule has 0 atom stereocenters. The predicted octanol–water partition coefficient (Wildman–Crippen LogP) is 3.56. The molecule has 128 valence electrons. The Morgan fingerprint density at radius 3 is 2.64 bits per heavy atom. The van der Waals surface area contributed by atoms with Crippen LogP contribution in [-0.4, -0.2) is 38.8 Å². The van der Waals surface area contributed by atoms with Gasteiger partial charge in [0.2, 0.25) is 5.95 Å². The lowest BCUT2D eigenvalue weighted by Crippen LogP contribution is -2.31. The van der Waals surface area contributed by atoms with Crippen LogP contribution in [0.4, 0.5) is 11.6 Å². The van der Waals surface area contributed by atoms with Gasteiger partial charge >= 0.3 is 0 Å². The summed E-state index contributed by atoms with van der Waals surface area (Å²) in [5.74, 6) is 0.309. The molecule has 1 amide bonds. The first-order valence-corrected chi connectivity index (χ1v) is 8.38. The maximum atomic E-state index is 12.6. The number of benzene rings is 1. The van der Waals surface area contributed by atoms with Crippen LogP contribution in [0.15, 0.2) is 42.6 Å². The van der Waals surface area contributed by atoms with Gasteiger partial charge in [0.05, 0.1) is 11.2 Å². The van der Waals surface area contributed by atoms with Crippen molar-refractivity contribution in [2.45, 2.75) is 20.8 Å². The number of carbonyl (C=O) groups excluding carboxylic acids is 1. The Morgan fingerprint density at radius 1 is 1.12 bits per heavy atom. The summed E-state index contributed by atoms with van der Waals surface area (Å²) in [6.45, 7) is 7.06. The Bertz CT molecular complexity index is 900. The van der Waals surface area contributed by atoms with Crippen molar-refractivity contribution in [1.29, 1.82) is 0 Å². The van der Waals surface area contributed by atoms with Crippen LogP contribution in [0.5, 0.6) is 0 Å². The van der Waals surface area contributed by atoms with Crippen LogP contribution >= 0.6 is 0 Å². The molecule has 3 aromatic rings. The largest absolute Gasteiger partial charge is 0.338 e. The highest BCUT2D eigenvalue weighted by atomic mass is 16.2. The SMILES string of the molecule is CCN(CC)C(=O)c1cc(C)nc(Nc2cccc3cccnc23)n1. The van der Waals surface area contributed by atoms with Gasteiger partial charge in [-0.3, -0.25) is 9.78 Å². The summed E-state index contributed by atoms with van der Waals surface area (Å²) in [7, 11) is 0. The van der Waals surface area contributed by atoms with Crippen molar-refractivity contribution in [3.8, 4) is 0 Å². The van der Waals surface area contributed by atoms with Crippen LogP contribution in [-0.2, 0) is 0 Å². The van der Waals surface area contributed by atoms with E-state index < -0.39 is 0 Å². The molecule has 1 N–H and O–H groups in total. The first-order valence-electron chi connectivity index (χ1n) is 8.38. The molecule has 0 radical (unpaired) electrons. The fourth-order valence-corrected chi connectivity index (χ4v) is 2.73. The summed E-state index contributed by atoms with van der Waals surface area (Å²) in [4.78, 5) is 27.6. The minimum atomic E-state index is -0.0883. The molecule has 0 aliphatic carbocycles. The van der Waals surface area contributed by atoms with Crippen LogP contribution in [0, 0.1) is 6.92 Å². The van der Waals surface area contributed by atoms with Gasteiger partial charge in [0.1, 0.15) is 5.69 Å². The molecule has 0 saturated carbocycles. The number of aromatic nitrogens is 3. The molecule has 2 heterocycles. The second kappa shape index (κ2) is 7.25. The highest BCUT2D eigenvalue weighted by Crippen LogP contribution is 2.23. The normalized spacial score (nSPS) is 10.7. The van der Waals surface area contributed by atoms with Crippen molar-refractivity contribution in [2.24, 2.45) is 0 Å². The molecule has 0 bridgehead atoms. The Kier molecular flexibility index (Phi) is 4.88. The molecule has 6 heteroatoms. The molecule has 0 unspecified atom stereocenters. The van der Waals surface area contributed by atoms with E-state index in [9.17, 15) is 4.79 Å². The lowest BCUT2D eigenvalue weighted by molar-refractivity contribution is 0.0767. The molecule has 0 saturated heterocycles. The Balaban J connectivity index is 1.96. The van der Waals surface area contributed by atoms with Crippen LogP contribution in [0.2, 0.25) is 0 Å². The molecule has 0 fully saturated rings. The highest BCUT2D eigenvalue weighted by molar-refractivity contribution is 5.93. The average Bonchev–Trinajstić information content (AvgIpc) is 2.62. The van der Waals surface area contributed by atoms with E-state index in [4.69, 9.17) is 0 Å². The van der Waals surface area contributed by atoms with Gasteiger partial charge in [-0.1, -0.05) is 18.2 Å². The smallest absolute Gasteiger partial charge is 0.272 e. The number of pyridine rings is 1. The van der Waals surface area contributed by atoms with E-state index >= 15 is 0 Å². The molecular weight excluding hydrogens is 314 g/mol. The van der Waals surface area contributed by atoms with Crippen molar-refractivity contribution in [3.05, 3.63) is 54.0 Å². The van der Waals surface area contributed by atoms with Gasteiger partial charge in [-0.05, 0) is 39.0 Å². The zero-order chi connectivity index (χ0) is 17.8. The zero-order valence-electron chi connectivity index (χ0n) is 14.7. The van der Waals surface area contributed by atoms with E-state index in [1.54, 1.807) is 17.2 Å². The third-order valence-corrected chi connectivity index (χ3v) is 4.00. The van der Waals surface area contributed by atoms with Gasteiger partial charge in [-0.15, -0.1) is 0 Å². The third kappa shape index (κ3) is 3.57. The maximum Gasteiger partial charge on any atom is 0.272 e. The number of aryl methyl sites for hydroxylation is 1. The first kappa shape index (κ1) is 16.8. The van der Waals surface area contributed by atoms with E-state index in [1.165, 1.54) is 0 Å². The van der Waals surface area contributed by atoms with Crippen LogP contribution in [0.25, 0.3) is 10.9 Å². The number of carbonyl (C=O) groups is 1. The first-order chi connectivity index (χ1) is 12.1. The van der Waals surface area contributed by atoms with Crippen LogP contribution in [0.3, 0.4) is 0 Å². The quantitative estimate of drug-likeness (QED) is 0.772. The van der Waals surface area contributed by atoms with Crippen molar-refractivity contribution in [1.82, 2.24) is 19.9 Å². The van der Waals surface area contributed by atoms with Crippen molar-refractivity contribution in [2.75, 3.05) is 18.4 Å². The number of amides is 1. The minimum absolute atomic E-state index is 0.0883. The van der Waals surface area contributed by atoms with Gasteiger partial charge in [0, 0.05) is 30.4 Å². The van der Waals surface area contributed by atoms with Gasteiger partial charge in [-0.25, -0.2) is 9.97 Å². The second-order valence-electron chi connectivity index (χ2n) is 5.70. The highest BCUT2D eigenvalue weighted by Gasteiger charge is 2.16. The van der Waals surface area contributed by atoms with Gasteiger partial charge < -0.3 is 10.2 Å². The molecular formula is C19H21N5O. The summed E-state index contributed by atoms with van der Waals surface area (Å²) in [6, 6.07) is 11.5. The van der Waals surface area contributed by atoms with E-state index in [-0.39, 0.29) is 5.91 Å². The number of hydrogen-bond donors (Lipinski definition) is 1. The predicted molar refractivity (Wildman–Crippen MR) is 99.0 cm³/mol. The second-order valence-corrected chi connectivity index (χ2v) is 5.70. The molecule has 0 aliphatic heterocycles. The number of nitrogens with zero attached hydrogens (tertiary/aromatic N) is 4. The molecule has 3 rings (SSSR count). The van der Waals surface area contributed by atoms with E-state index in [0.717, 1.165) is 22.3 Å². The summed E-state index contributed by atoms with van der Waals surface area (Å²) < 4.78 is 0. The molecule has 6 nitrogen and oxygen atoms in total. The summed E-state index contributed by atoms with van der Waals surface area (Å²) in [5, 5.41) is 4.23. The summed E-state index contributed by atoms with van der Waals surface area (Å²) in [6.07, 6.45) is 1.75. The fraction of sp³-hybridized carbons (Fsp3) is 0.263. The summed E-state index contributed by atoms with van der Waals surface area (Å²) in [5.41, 5.74) is 2.78. The lowest BCUT2D eigenvalue weighted by atomic mass is 10.2. The zero-order valence-corrected chi connectivity index (χ0v) is 14.7. The van der Waals surface area contributed by atoms with Crippen LogP contribution in [0.1, 0.15) is 30.0 Å². The van der Waals surface area contributed by atoms with Gasteiger partial charge in [-0.2, -0.15) is 0 Å². The van der Waals surface area contributed by atoms with Crippen molar-refractivity contribution < 1.29 is 4.79 Å². The summed E-state index contributed by atoms with van der Waals surface area (Å²) >= 11 is 0. The molecule has 0 aliphatic rings. The van der Waals surface area contributed by atoms with Gasteiger partial charge in [0.25, 0.3) is 5.91 Å². The van der Waals surface area contributed by atoms with Crippen molar-refractivity contribution >= 4 is 28.4 Å². The Labute approximate surface area is 146 Å². The number of rotatable bonds is 5. The topological polar surface area (TPSA) is 71.0 Å². The van der Waals surface area contributed by atoms with Crippen LogP contribution < -0.4 is 5.32 Å². The molecule has 2 aromatic heterocycles. The monoisotopic (exact) mass is 335 g/mol. The Hall–Kier alpha value is -3.02. The molecule has 0 spiro atoms.